The second kappa shape index (κ2) is 3.89. The molecule has 3 N–H and O–H groups in total. The van der Waals surface area contributed by atoms with Gasteiger partial charge >= 0.3 is 0 Å². The molecule has 0 bridgehead atoms. The molecule has 1 aromatic carbocycles. The van der Waals surface area contributed by atoms with Crippen molar-refractivity contribution in [1.29, 1.82) is 0 Å². The molecule has 0 unspecified atom stereocenters. The van der Waals surface area contributed by atoms with E-state index in [-0.39, 0.29) is 11.3 Å². The summed E-state index contributed by atoms with van der Waals surface area (Å²) in [5.41, 5.74) is 6.51. The molecule has 0 spiro atoms. The van der Waals surface area contributed by atoms with E-state index in [2.05, 4.69) is 15.9 Å². The maximum atomic E-state index is 13.3. The molecule has 0 aliphatic heterocycles. The standard InChI is InChI=1S/C11H13BrFNO2/c1-16-10-6(5-11(14)2-3-11)7(12)4-8(13)9(10)15/h4,15H,2-3,5,14H2,1H3. The fraction of sp³-hybridized carbons (Fsp3) is 0.455. The minimum atomic E-state index is -0.700. The molecule has 1 aromatic rings. The summed E-state index contributed by atoms with van der Waals surface area (Å²) in [6.07, 6.45) is 2.46. The molecule has 0 heterocycles. The molecule has 1 aliphatic rings. The zero-order valence-electron chi connectivity index (χ0n) is 8.89. The van der Waals surface area contributed by atoms with Gasteiger partial charge in [0.05, 0.1) is 7.11 Å². The summed E-state index contributed by atoms with van der Waals surface area (Å²) < 4.78 is 18.9. The molecule has 0 radical (unpaired) electrons. The second-order valence-corrected chi connectivity index (χ2v) is 5.09. The Bertz CT molecular complexity index is 432. The van der Waals surface area contributed by atoms with Gasteiger partial charge in [0.15, 0.2) is 17.3 Å². The van der Waals surface area contributed by atoms with E-state index in [1.807, 2.05) is 0 Å². The molecule has 0 amide bonds. The van der Waals surface area contributed by atoms with Crippen LogP contribution in [-0.4, -0.2) is 17.8 Å². The van der Waals surface area contributed by atoms with Gasteiger partial charge < -0.3 is 15.6 Å². The Labute approximate surface area is 102 Å². The lowest BCUT2D eigenvalue weighted by molar-refractivity contribution is 0.351. The van der Waals surface area contributed by atoms with Crippen LogP contribution in [0.5, 0.6) is 11.5 Å². The quantitative estimate of drug-likeness (QED) is 0.898. The van der Waals surface area contributed by atoms with E-state index >= 15 is 0 Å². The van der Waals surface area contributed by atoms with Crippen LogP contribution < -0.4 is 10.5 Å². The number of hydrogen-bond donors (Lipinski definition) is 2. The second-order valence-electron chi connectivity index (χ2n) is 4.24. The number of benzene rings is 1. The first kappa shape index (κ1) is 11.7. The molecule has 2 rings (SSSR count). The Hall–Kier alpha value is -0.810. The highest BCUT2D eigenvalue weighted by Gasteiger charge is 2.39. The van der Waals surface area contributed by atoms with Crippen molar-refractivity contribution in [3.05, 3.63) is 21.9 Å². The predicted octanol–water partition coefficient (Wildman–Crippen LogP) is 2.34. The van der Waals surface area contributed by atoms with Crippen LogP contribution in [0, 0.1) is 5.82 Å². The summed E-state index contributed by atoms with van der Waals surface area (Å²) in [5.74, 6) is -0.983. The maximum absolute atomic E-state index is 13.3. The van der Waals surface area contributed by atoms with Crippen LogP contribution in [0.1, 0.15) is 18.4 Å². The summed E-state index contributed by atoms with van der Waals surface area (Å²) in [6.45, 7) is 0. The van der Waals surface area contributed by atoms with Gasteiger partial charge in [-0.3, -0.25) is 0 Å². The highest BCUT2D eigenvalue weighted by atomic mass is 79.9. The first-order valence-corrected chi connectivity index (χ1v) is 5.79. The minimum absolute atomic E-state index is 0.170. The molecule has 5 heteroatoms. The number of phenols is 1. The van der Waals surface area contributed by atoms with Crippen molar-refractivity contribution in [2.45, 2.75) is 24.8 Å². The Morgan fingerprint density at radius 3 is 2.75 bits per heavy atom. The number of rotatable bonds is 3. The van der Waals surface area contributed by atoms with Crippen LogP contribution >= 0.6 is 15.9 Å². The van der Waals surface area contributed by atoms with E-state index in [4.69, 9.17) is 10.5 Å². The van der Waals surface area contributed by atoms with E-state index in [0.29, 0.717) is 10.9 Å². The minimum Gasteiger partial charge on any atom is -0.502 e. The zero-order chi connectivity index (χ0) is 11.9. The van der Waals surface area contributed by atoms with Crippen molar-refractivity contribution >= 4 is 15.9 Å². The Morgan fingerprint density at radius 2 is 2.25 bits per heavy atom. The molecular formula is C11H13BrFNO2. The molecule has 0 atom stereocenters. The van der Waals surface area contributed by atoms with Gasteiger partial charge in [0.25, 0.3) is 0 Å². The van der Waals surface area contributed by atoms with Gasteiger partial charge in [-0.25, -0.2) is 4.39 Å². The smallest absolute Gasteiger partial charge is 0.194 e. The van der Waals surface area contributed by atoms with Crippen LogP contribution in [0.2, 0.25) is 0 Å². The molecule has 0 saturated heterocycles. The highest BCUT2D eigenvalue weighted by Crippen LogP contribution is 2.44. The molecular weight excluding hydrogens is 277 g/mol. The van der Waals surface area contributed by atoms with Crippen LogP contribution in [0.15, 0.2) is 10.5 Å². The molecule has 0 aromatic heterocycles. The lowest BCUT2D eigenvalue weighted by Crippen LogP contribution is -2.25. The van der Waals surface area contributed by atoms with Crippen molar-refractivity contribution in [2.75, 3.05) is 7.11 Å². The monoisotopic (exact) mass is 289 g/mol. The summed E-state index contributed by atoms with van der Waals surface area (Å²) in [4.78, 5) is 0. The Balaban J connectivity index is 2.45. The van der Waals surface area contributed by atoms with E-state index < -0.39 is 11.6 Å². The normalized spacial score (nSPS) is 17.2. The van der Waals surface area contributed by atoms with Gasteiger partial charge in [0.1, 0.15) is 0 Å². The van der Waals surface area contributed by atoms with E-state index in [1.165, 1.54) is 13.2 Å². The van der Waals surface area contributed by atoms with Crippen LogP contribution in [-0.2, 0) is 6.42 Å². The molecule has 16 heavy (non-hydrogen) atoms. The average molecular weight is 290 g/mol. The first-order valence-electron chi connectivity index (χ1n) is 4.99. The van der Waals surface area contributed by atoms with Gasteiger partial charge in [-0.15, -0.1) is 0 Å². The van der Waals surface area contributed by atoms with Crippen LogP contribution in [0.25, 0.3) is 0 Å². The Morgan fingerprint density at radius 1 is 1.62 bits per heavy atom. The van der Waals surface area contributed by atoms with Crippen molar-refractivity contribution < 1.29 is 14.2 Å². The molecule has 88 valence electrons. The molecule has 1 fully saturated rings. The number of methoxy groups -OCH3 is 1. The van der Waals surface area contributed by atoms with E-state index in [0.717, 1.165) is 18.4 Å². The van der Waals surface area contributed by atoms with Gasteiger partial charge in [-0.2, -0.15) is 0 Å². The number of aromatic hydroxyl groups is 1. The van der Waals surface area contributed by atoms with E-state index in [9.17, 15) is 9.50 Å². The number of hydrogen-bond acceptors (Lipinski definition) is 3. The van der Waals surface area contributed by atoms with Crippen molar-refractivity contribution in [1.82, 2.24) is 0 Å². The van der Waals surface area contributed by atoms with Crippen LogP contribution in [0.3, 0.4) is 0 Å². The molecule has 1 aliphatic carbocycles. The SMILES string of the molecule is COc1c(O)c(F)cc(Br)c1CC1(N)CC1. The maximum Gasteiger partial charge on any atom is 0.194 e. The highest BCUT2D eigenvalue weighted by molar-refractivity contribution is 9.10. The van der Waals surface area contributed by atoms with Crippen molar-refractivity contribution in [3.63, 3.8) is 0 Å². The summed E-state index contributed by atoms with van der Waals surface area (Å²) in [5, 5.41) is 9.56. The van der Waals surface area contributed by atoms with Gasteiger partial charge in [-0.05, 0) is 25.3 Å². The molecule has 3 nitrogen and oxygen atoms in total. The predicted molar refractivity (Wildman–Crippen MR) is 62.2 cm³/mol. The topological polar surface area (TPSA) is 55.5 Å². The summed E-state index contributed by atoms with van der Waals surface area (Å²) in [7, 11) is 1.40. The number of nitrogens with two attached hydrogens (primary N) is 1. The third kappa shape index (κ3) is 2.01. The van der Waals surface area contributed by atoms with Gasteiger partial charge in [0, 0.05) is 15.6 Å². The largest absolute Gasteiger partial charge is 0.502 e. The first-order chi connectivity index (χ1) is 7.47. The van der Waals surface area contributed by atoms with E-state index in [1.54, 1.807) is 0 Å². The third-order valence-corrected chi connectivity index (χ3v) is 3.59. The number of halogens is 2. The third-order valence-electron chi connectivity index (χ3n) is 2.88. The fourth-order valence-corrected chi connectivity index (χ4v) is 2.22. The zero-order valence-corrected chi connectivity index (χ0v) is 10.5. The van der Waals surface area contributed by atoms with Crippen LogP contribution in [0.4, 0.5) is 4.39 Å². The van der Waals surface area contributed by atoms with Crippen molar-refractivity contribution in [2.24, 2.45) is 5.73 Å². The number of ether oxygens (including phenoxy) is 1. The lowest BCUT2D eigenvalue weighted by Gasteiger charge is -2.16. The van der Waals surface area contributed by atoms with Crippen molar-refractivity contribution in [3.8, 4) is 11.5 Å². The van der Waals surface area contributed by atoms with Gasteiger partial charge in [-0.1, -0.05) is 15.9 Å². The fourth-order valence-electron chi connectivity index (χ4n) is 1.70. The van der Waals surface area contributed by atoms with Gasteiger partial charge in [0.2, 0.25) is 0 Å². The Kier molecular flexibility index (Phi) is 2.84. The molecule has 1 saturated carbocycles. The average Bonchev–Trinajstić information content (AvgIpc) is 2.94. The number of phenolic OH excluding ortho intramolecular Hbond substituents is 1. The summed E-state index contributed by atoms with van der Waals surface area (Å²) in [6, 6.07) is 1.24. The lowest BCUT2D eigenvalue weighted by atomic mass is 10.0. The summed E-state index contributed by atoms with van der Waals surface area (Å²) >= 11 is 3.27.